The zero-order chi connectivity index (χ0) is 17.9. The molecule has 4 heterocycles. The minimum Gasteiger partial charge on any atom is -1.00 e. The van der Waals surface area contributed by atoms with E-state index < -0.39 is 0 Å². The molecular formula is C20H21ClN3O2S-. The molecule has 1 amide bonds. The molecule has 5 rings (SSSR count). The van der Waals surface area contributed by atoms with Crippen LogP contribution in [-0.2, 0) is 17.8 Å². The number of amides is 1. The van der Waals surface area contributed by atoms with Gasteiger partial charge in [0.15, 0.2) is 0 Å². The Labute approximate surface area is 169 Å². The lowest BCUT2D eigenvalue weighted by Gasteiger charge is -2.39. The smallest absolute Gasteiger partial charge is 0.268 e. The average Bonchev–Trinajstić information content (AvgIpc) is 3.01. The Morgan fingerprint density at radius 3 is 2.78 bits per heavy atom. The average molecular weight is 403 g/mol. The normalized spacial score (nSPS) is 20.2. The summed E-state index contributed by atoms with van der Waals surface area (Å²) in [5, 5.41) is 1.05. The molecule has 142 valence electrons. The second kappa shape index (κ2) is 6.62. The third-order valence-corrected chi connectivity index (χ3v) is 6.41. The highest BCUT2D eigenvalue weighted by Crippen LogP contribution is 2.46. The molecule has 1 aromatic carbocycles. The number of halogens is 1. The van der Waals surface area contributed by atoms with Gasteiger partial charge in [0.2, 0.25) is 5.96 Å². The SMILES string of the molecule is CC1(C)Cc2c(sc3c2C(=O)N(c2ccccc2)C2=NCCCN23)CO1.[Cl-]. The summed E-state index contributed by atoms with van der Waals surface area (Å²) >= 11 is 1.70. The van der Waals surface area contributed by atoms with Crippen LogP contribution in [0.1, 0.15) is 41.1 Å². The molecule has 0 N–H and O–H groups in total. The van der Waals surface area contributed by atoms with Gasteiger partial charge in [0.25, 0.3) is 5.91 Å². The molecule has 27 heavy (non-hydrogen) atoms. The Kier molecular flexibility index (Phi) is 4.53. The number of nitrogens with zero attached hydrogens (tertiary/aromatic N) is 3. The summed E-state index contributed by atoms with van der Waals surface area (Å²) in [4.78, 5) is 23.5. The summed E-state index contributed by atoms with van der Waals surface area (Å²) in [5.41, 5.74) is 2.65. The van der Waals surface area contributed by atoms with E-state index in [4.69, 9.17) is 9.73 Å². The molecule has 0 saturated carbocycles. The van der Waals surface area contributed by atoms with E-state index in [0.717, 1.165) is 53.7 Å². The van der Waals surface area contributed by atoms with Gasteiger partial charge in [-0.1, -0.05) is 18.2 Å². The van der Waals surface area contributed by atoms with E-state index in [9.17, 15) is 4.79 Å². The van der Waals surface area contributed by atoms with Crippen LogP contribution >= 0.6 is 11.3 Å². The molecule has 2 aromatic rings. The van der Waals surface area contributed by atoms with E-state index in [1.54, 1.807) is 16.2 Å². The predicted molar refractivity (Wildman–Crippen MR) is 104 cm³/mol. The van der Waals surface area contributed by atoms with Crippen LogP contribution in [0.5, 0.6) is 0 Å². The number of ether oxygens (including phenoxy) is 1. The fourth-order valence-electron chi connectivity index (χ4n) is 3.94. The van der Waals surface area contributed by atoms with Gasteiger partial charge in [-0.15, -0.1) is 11.3 Å². The number of anilines is 2. The molecule has 0 fully saturated rings. The summed E-state index contributed by atoms with van der Waals surface area (Å²) in [7, 11) is 0. The van der Waals surface area contributed by atoms with Crippen molar-refractivity contribution in [2.45, 2.75) is 38.9 Å². The fourth-order valence-corrected chi connectivity index (χ4v) is 5.18. The van der Waals surface area contributed by atoms with Gasteiger partial charge in [0, 0.05) is 24.4 Å². The van der Waals surface area contributed by atoms with Gasteiger partial charge in [-0.3, -0.25) is 9.79 Å². The number of hydrogen-bond acceptors (Lipinski definition) is 5. The monoisotopic (exact) mass is 402 g/mol. The van der Waals surface area contributed by atoms with Gasteiger partial charge in [0.05, 0.1) is 23.5 Å². The van der Waals surface area contributed by atoms with Crippen LogP contribution in [0.3, 0.4) is 0 Å². The van der Waals surface area contributed by atoms with Crippen LogP contribution in [0.2, 0.25) is 0 Å². The van der Waals surface area contributed by atoms with Gasteiger partial charge in [-0.2, -0.15) is 0 Å². The van der Waals surface area contributed by atoms with E-state index in [2.05, 4.69) is 18.7 Å². The summed E-state index contributed by atoms with van der Waals surface area (Å²) in [5.74, 6) is 0.803. The topological polar surface area (TPSA) is 45.1 Å². The molecule has 3 aliphatic rings. The molecular weight excluding hydrogens is 382 g/mol. The van der Waals surface area contributed by atoms with Crippen LogP contribution in [-0.4, -0.2) is 30.6 Å². The largest absolute Gasteiger partial charge is 1.00 e. The van der Waals surface area contributed by atoms with Crippen LogP contribution in [0.4, 0.5) is 10.7 Å². The molecule has 0 atom stereocenters. The Hall–Kier alpha value is -1.89. The number of guanidine groups is 1. The van der Waals surface area contributed by atoms with Crippen LogP contribution in [0.25, 0.3) is 0 Å². The number of aliphatic imine (C=N–C) groups is 1. The zero-order valence-corrected chi connectivity index (χ0v) is 16.9. The van der Waals surface area contributed by atoms with Gasteiger partial charge >= 0.3 is 0 Å². The molecule has 0 aliphatic carbocycles. The molecule has 3 aliphatic heterocycles. The third-order valence-electron chi connectivity index (χ3n) is 5.18. The maximum atomic E-state index is 13.6. The lowest BCUT2D eigenvalue weighted by atomic mass is 9.92. The number of carbonyl (C=O) groups excluding carboxylic acids is 1. The van der Waals surface area contributed by atoms with Crippen molar-refractivity contribution in [3.05, 3.63) is 46.3 Å². The quantitative estimate of drug-likeness (QED) is 0.709. The highest BCUT2D eigenvalue weighted by Gasteiger charge is 2.43. The first kappa shape index (κ1) is 18.5. The van der Waals surface area contributed by atoms with Crippen molar-refractivity contribution in [2.24, 2.45) is 4.99 Å². The van der Waals surface area contributed by atoms with Crippen molar-refractivity contribution in [1.29, 1.82) is 0 Å². The predicted octanol–water partition coefficient (Wildman–Crippen LogP) is 0.830. The first-order chi connectivity index (χ1) is 12.6. The fraction of sp³-hybridized carbons (Fsp3) is 0.400. The van der Waals surface area contributed by atoms with Crippen molar-refractivity contribution in [2.75, 3.05) is 22.9 Å². The van der Waals surface area contributed by atoms with Crippen LogP contribution in [0.15, 0.2) is 35.3 Å². The van der Waals surface area contributed by atoms with Crippen LogP contribution in [0, 0.1) is 0 Å². The van der Waals surface area contributed by atoms with Crippen LogP contribution < -0.4 is 22.2 Å². The lowest BCUT2D eigenvalue weighted by Crippen LogP contribution is -3.00. The number of fused-ring (bicyclic) bond motifs is 5. The van der Waals surface area contributed by atoms with Gasteiger partial charge in [-0.25, -0.2) is 4.90 Å². The minimum atomic E-state index is -0.240. The summed E-state index contributed by atoms with van der Waals surface area (Å²) in [6, 6.07) is 9.85. The van der Waals surface area contributed by atoms with Crippen molar-refractivity contribution in [3.8, 4) is 0 Å². The molecule has 0 radical (unpaired) electrons. The van der Waals surface area contributed by atoms with Crippen molar-refractivity contribution >= 4 is 33.9 Å². The van der Waals surface area contributed by atoms with Crippen molar-refractivity contribution in [3.63, 3.8) is 0 Å². The molecule has 7 heteroatoms. The third kappa shape index (κ3) is 2.87. The number of carbonyl (C=O) groups is 1. The highest BCUT2D eigenvalue weighted by atomic mass is 35.5. The first-order valence-electron chi connectivity index (χ1n) is 9.05. The maximum Gasteiger partial charge on any atom is 0.268 e. The molecule has 1 aromatic heterocycles. The van der Waals surface area contributed by atoms with E-state index in [1.807, 2.05) is 30.3 Å². The number of benzene rings is 1. The highest BCUT2D eigenvalue weighted by molar-refractivity contribution is 7.17. The van der Waals surface area contributed by atoms with E-state index in [1.165, 1.54) is 4.88 Å². The van der Waals surface area contributed by atoms with Crippen molar-refractivity contribution in [1.82, 2.24) is 0 Å². The summed E-state index contributed by atoms with van der Waals surface area (Å²) < 4.78 is 5.99. The minimum absolute atomic E-state index is 0. The van der Waals surface area contributed by atoms with E-state index in [0.29, 0.717) is 6.61 Å². The molecule has 0 spiro atoms. The second-order valence-corrected chi connectivity index (χ2v) is 8.66. The standard InChI is InChI=1S/C20H21N3O2S.ClH/c1-20(2)11-14-15(12-25-20)26-18-16(14)17(24)23(13-7-4-3-5-8-13)19-21-9-6-10-22(18)19;/h3-5,7-8H,6,9-12H2,1-2H3;1H/p-1. The Bertz CT molecular complexity index is 923. The molecule has 0 saturated heterocycles. The maximum absolute atomic E-state index is 13.6. The van der Waals surface area contributed by atoms with Gasteiger partial charge in [0.1, 0.15) is 5.00 Å². The number of thiophene rings is 1. The van der Waals surface area contributed by atoms with Gasteiger partial charge in [-0.05, 0) is 38.0 Å². The van der Waals surface area contributed by atoms with E-state index >= 15 is 0 Å². The first-order valence-corrected chi connectivity index (χ1v) is 9.87. The number of hydrogen-bond donors (Lipinski definition) is 0. The molecule has 5 nitrogen and oxygen atoms in total. The Morgan fingerprint density at radius 1 is 1.22 bits per heavy atom. The van der Waals surface area contributed by atoms with E-state index in [-0.39, 0.29) is 23.9 Å². The Balaban J connectivity index is 0.00000180. The number of para-hydroxylation sites is 1. The van der Waals surface area contributed by atoms with Gasteiger partial charge < -0.3 is 22.0 Å². The zero-order valence-electron chi connectivity index (χ0n) is 15.4. The molecule has 0 bridgehead atoms. The Morgan fingerprint density at radius 2 is 2.00 bits per heavy atom. The molecule has 0 unspecified atom stereocenters. The summed E-state index contributed by atoms with van der Waals surface area (Å²) in [6.45, 7) is 6.43. The second-order valence-electron chi connectivity index (χ2n) is 7.57. The number of rotatable bonds is 1. The van der Waals surface area contributed by atoms with Crippen molar-refractivity contribution < 1.29 is 21.9 Å². The lowest BCUT2D eigenvalue weighted by molar-refractivity contribution is -0.0383. The summed E-state index contributed by atoms with van der Waals surface area (Å²) in [6.07, 6.45) is 1.77.